The lowest BCUT2D eigenvalue weighted by Gasteiger charge is -2.07. The summed E-state index contributed by atoms with van der Waals surface area (Å²) in [6, 6.07) is 14.0. The van der Waals surface area contributed by atoms with E-state index in [1.54, 1.807) is 18.2 Å². The van der Waals surface area contributed by atoms with Gasteiger partial charge >= 0.3 is 0 Å². The van der Waals surface area contributed by atoms with E-state index in [2.05, 4.69) is 0 Å². The van der Waals surface area contributed by atoms with Gasteiger partial charge < -0.3 is 9.84 Å². The minimum absolute atomic E-state index is 0.0476. The molecule has 0 unspecified atom stereocenters. The quantitative estimate of drug-likeness (QED) is 0.879. The van der Waals surface area contributed by atoms with Crippen molar-refractivity contribution in [1.82, 2.24) is 0 Å². The second kappa shape index (κ2) is 6.17. The van der Waals surface area contributed by atoms with Gasteiger partial charge in [-0.3, -0.25) is 0 Å². The summed E-state index contributed by atoms with van der Waals surface area (Å²) < 4.78 is 18.6. The molecule has 2 nitrogen and oxygen atoms in total. The normalized spacial score (nSPS) is 10.3. The van der Waals surface area contributed by atoms with E-state index in [0.29, 0.717) is 13.0 Å². The molecule has 2 aromatic carbocycles. The third kappa shape index (κ3) is 3.31. The van der Waals surface area contributed by atoms with Crippen molar-refractivity contribution in [2.45, 2.75) is 13.0 Å². The highest BCUT2D eigenvalue weighted by molar-refractivity contribution is 5.24. The average Bonchev–Trinajstić information content (AvgIpc) is 2.42. The van der Waals surface area contributed by atoms with Gasteiger partial charge in [0.2, 0.25) is 0 Å². The van der Waals surface area contributed by atoms with Crippen LogP contribution in [0.4, 0.5) is 4.39 Å². The molecule has 0 spiro atoms. The lowest BCUT2D eigenvalue weighted by atomic mass is 10.1. The Morgan fingerprint density at radius 1 is 0.944 bits per heavy atom. The van der Waals surface area contributed by atoms with Crippen molar-refractivity contribution in [1.29, 1.82) is 0 Å². The molecular formula is C15H15FO2. The SMILES string of the molecule is OCc1ccc(CCOc2ccccc2F)cc1. The van der Waals surface area contributed by atoms with Crippen molar-refractivity contribution >= 4 is 0 Å². The fourth-order valence-corrected chi connectivity index (χ4v) is 1.65. The number of hydrogen-bond acceptors (Lipinski definition) is 2. The van der Waals surface area contributed by atoms with Crippen LogP contribution in [0.3, 0.4) is 0 Å². The molecule has 0 bridgehead atoms. The van der Waals surface area contributed by atoms with Gasteiger partial charge in [-0.05, 0) is 23.3 Å². The molecule has 2 rings (SSSR count). The fraction of sp³-hybridized carbons (Fsp3) is 0.200. The molecule has 0 aliphatic rings. The monoisotopic (exact) mass is 246 g/mol. The van der Waals surface area contributed by atoms with Crippen LogP contribution in [-0.2, 0) is 13.0 Å². The van der Waals surface area contributed by atoms with Gasteiger partial charge in [0.25, 0.3) is 0 Å². The number of rotatable bonds is 5. The number of benzene rings is 2. The number of ether oxygens (including phenoxy) is 1. The maximum absolute atomic E-state index is 13.3. The molecule has 0 aromatic heterocycles. The summed E-state index contributed by atoms with van der Waals surface area (Å²) in [5, 5.41) is 8.92. The summed E-state index contributed by atoms with van der Waals surface area (Å²) in [6.07, 6.45) is 0.708. The van der Waals surface area contributed by atoms with E-state index < -0.39 is 0 Å². The first-order valence-corrected chi connectivity index (χ1v) is 5.85. The van der Waals surface area contributed by atoms with Crippen LogP contribution in [0.1, 0.15) is 11.1 Å². The molecule has 0 radical (unpaired) electrons. The fourth-order valence-electron chi connectivity index (χ4n) is 1.65. The number of halogens is 1. The molecule has 18 heavy (non-hydrogen) atoms. The van der Waals surface area contributed by atoms with E-state index in [4.69, 9.17) is 9.84 Å². The Morgan fingerprint density at radius 2 is 1.61 bits per heavy atom. The molecule has 0 aliphatic carbocycles. The Labute approximate surface area is 106 Å². The third-order valence-corrected chi connectivity index (χ3v) is 2.69. The zero-order valence-electron chi connectivity index (χ0n) is 9.97. The summed E-state index contributed by atoms with van der Waals surface area (Å²) in [5.41, 5.74) is 1.98. The summed E-state index contributed by atoms with van der Waals surface area (Å²) in [6.45, 7) is 0.478. The van der Waals surface area contributed by atoms with Crippen LogP contribution in [0.15, 0.2) is 48.5 Å². The molecule has 0 aliphatic heterocycles. The van der Waals surface area contributed by atoms with Crippen LogP contribution >= 0.6 is 0 Å². The van der Waals surface area contributed by atoms with Crippen LogP contribution in [-0.4, -0.2) is 11.7 Å². The number of aliphatic hydroxyl groups is 1. The van der Waals surface area contributed by atoms with Crippen molar-refractivity contribution in [3.8, 4) is 5.75 Å². The van der Waals surface area contributed by atoms with Crippen molar-refractivity contribution in [3.05, 3.63) is 65.5 Å². The molecule has 0 atom stereocenters. The Hall–Kier alpha value is -1.87. The van der Waals surface area contributed by atoms with Gasteiger partial charge in [-0.15, -0.1) is 0 Å². The predicted octanol–water partition coefficient (Wildman–Crippen LogP) is 2.94. The zero-order chi connectivity index (χ0) is 12.8. The molecule has 3 heteroatoms. The van der Waals surface area contributed by atoms with E-state index in [1.807, 2.05) is 24.3 Å². The van der Waals surface area contributed by atoms with Crippen molar-refractivity contribution in [3.63, 3.8) is 0 Å². The molecule has 94 valence electrons. The van der Waals surface area contributed by atoms with Crippen LogP contribution in [0.5, 0.6) is 5.75 Å². The molecular weight excluding hydrogens is 231 g/mol. The molecule has 0 heterocycles. The van der Waals surface area contributed by atoms with Crippen molar-refractivity contribution < 1.29 is 14.2 Å². The Morgan fingerprint density at radius 3 is 2.28 bits per heavy atom. The van der Waals surface area contributed by atoms with Crippen LogP contribution in [0.25, 0.3) is 0 Å². The highest BCUT2D eigenvalue weighted by atomic mass is 19.1. The van der Waals surface area contributed by atoms with E-state index >= 15 is 0 Å². The van der Waals surface area contributed by atoms with Gasteiger partial charge in [-0.1, -0.05) is 36.4 Å². The zero-order valence-corrected chi connectivity index (χ0v) is 9.97. The molecule has 2 aromatic rings. The van der Waals surface area contributed by atoms with Crippen molar-refractivity contribution in [2.75, 3.05) is 6.61 Å². The first-order chi connectivity index (χ1) is 8.79. The second-order valence-corrected chi connectivity index (χ2v) is 4.00. The Balaban J connectivity index is 1.86. The number of aliphatic hydroxyl groups excluding tert-OH is 1. The predicted molar refractivity (Wildman–Crippen MR) is 68.0 cm³/mol. The molecule has 0 saturated carbocycles. The van der Waals surface area contributed by atoms with Gasteiger partial charge in [0.05, 0.1) is 13.2 Å². The summed E-state index contributed by atoms with van der Waals surface area (Å²) in [7, 11) is 0. The largest absolute Gasteiger partial charge is 0.490 e. The Kier molecular flexibility index (Phi) is 4.31. The van der Waals surface area contributed by atoms with Gasteiger partial charge in [0.15, 0.2) is 11.6 Å². The van der Waals surface area contributed by atoms with Gasteiger partial charge in [-0.2, -0.15) is 0 Å². The molecule has 1 N–H and O–H groups in total. The highest BCUT2D eigenvalue weighted by Crippen LogP contribution is 2.15. The topological polar surface area (TPSA) is 29.5 Å². The minimum atomic E-state index is -0.340. The number of hydrogen-bond donors (Lipinski definition) is 1. The van der Waals surface area contributed by atoms with Crippen LogP contribution in [0.2, 0.25) is 0 Å². The van der Waals surface area contributed by atoms with Crippen LogP contribution < -0.4 is 4.74 Å². The third-order valence-electron chi connectivity index (χ3n) is 2.69. The van der Waals surface area contributed by atoms with E-state index in [1.165, 1.54) is 6.07 Å². The first kappa shape index (κ1) is 12.6. The maximum Gasteiger partial charge on any atom is 0.165 e. The smallest absolute Gasteiger partial charge is 0.165 e. The van der Waals surface area contributed by atoms with Crippen LogP contribution in [0, 0.1) is 5.82 Å². The minimum Gasteiger partial charge on any atom is -0.490 e. The molecule has 0 saturated heterocycles. The van der Waals surface area contributed by atoms with E-state index in [9.17, 15) is 4.39 Å². The van der Waals surface area contributed by atoms with Gasteiger partial charge in [-0.25, -0.2) is 4.39 Å². The number of para-hydroxylation sites is 1. The molecule has 0 fully saturated rings. The standard InChI is InChI=1S/C15H15FO2/c16-14-3-1-2-4-15(14)18-10-9-12-5-7-13(11-17)8-6-12/h1-8,17H,9-11H2. The maximum atomic E-state index is 13.3. The average molecular weight is 246 g/mol. The van der Waals surface area contributed by atoms with E-state index in [-0.39, 0.29) is 18.2 Å². The van der Waals surface area contributed by atoms with E-state index in [0.717, 1.165) is 11.1 Å². The summed E-state index contributed by atoms with van der Waals surface area (Å²) in [4.78, 5) is 0. The molecule has 0 amide bonds. The lowest BCUT2D eigenvalue weighted by Crippen LogP contribution is -2.02. The first-order valence-electron chi connectivity index (χ1n) is 5.85. The van der Waals surface area contributed by atoms with Gasteiger partial charge in [0, 0.05) is 6.42 Å². The second-order valence-electron chi connectivity index (χ2n) is 4.00. The van der Waals surface area contributed by atoms with Crippen molar-refractivity contribution in [2.24, 2.45) is 0 Å². The summed E-state index contributed by atoms with van der Waals surface area (Å²) in [5.74, 6) is -0.0578. The Bertz CT molecular complexity index is 494. The van der Waals surface area contributed by atoms with Gasteiger partial charge in [0.1, 0.15) is 0 Å². The highest BCUT2D eigenvalue weighted by Gasteiger charge is 2.01. The summed E-state index contributed by atoms with van der Waals surface area (Å²) >= 11 is 0. The lowest BCUT2D eigenvalue weighted by molar-refractivity contribution is 0.281.